The van der Waals surface area contributed by atoms with Crippen molar-refractivity contribution >= 4 is 18.4 Å². The van der Waals surface area contributed by atoms with E-state index in [-0.39, 0.29) is 18.2 Å². The van der Waals surface area contributed by atoms with Crippen molar-refractivity contribution in [2.24, 2.45) is 7.05 Å². The Balaban J connectivity index is 0.00000225. The summed E-state index contributed by atoms with van der Waals surface area (Å²) in [6.07, 6.45) is -3.06. The molecule has 0 saturated carbocycles. The van der Waals surface area contributed by atoms with Crippen LogP contribution in [0.4, 0.5) is 13.2 Å². The van der Waals surface area contributed by atoms with E-state index in [4.69, 9.17) is 5.11 Å². The molecule has 92 valence electrons. The monoisotopic (exact) mass is 258 g/mol. The number of aliphatic carboxylic acids is 1. The fraction of sp³-hybridized carbons (Fsp3) is 0.500. The van der Waals surface area contributed by atoms with Crippen molar-refractivity contribution in [1.82, 2.24) is 9.55 Å². The van der Waals surface area contributed by atoms with Crippen LogP contribution in [0.25, 0.3) is 0 Å². The van der Waals surface area contributed by atoms with Gasteiger partial charge >= 0.3 is 12.1 Å². The fourth-order valence-corrected chi connectivity index (χ4v) is 1.24. The van der Waals surface area contributed by atoms with Gasteiger partial charge in [-0.2, -0.15) is 13.2 Å². The van der Waals surface area contributed by atoms with E-state index in [0.29, 0.717) is 0 Å². The van der Waals surface area contributed by atoms with Crippen LogP contribution in [-0.2, 0) is 11.8 Å². The number of carboxylic acid groups (broad SMARTS) is 1. The first kappa shape index (κ1) is 14.8. The summed E-state index contributed by atoms with van der Waals surface area (Å²) >= 11 is 0. The molecule has 4 nitrogen and oxygen atoms in total. The van der Waals surface area contributed by atoms with Crippen LogP contribution in [0.2, 0.25) is 0 Å². The van der Waals surface area contributed by atoms with Crippen LogP contribution in [0.15, 0.2) is 12.4 Å². The molecule has 0 radical (unpaired) electrons. The number of carboxylic acids is 1. The van der Waals surface area contributed by atoms with E-state index in [1.165, 1.54) is 24.0 Å². The van der Waals surface area contributed by atoms with Crippen molar-refractivity contribution in [2.75, 3.05) is 0 Å². The van der Waals surface area contributed by atoms with Gasteiger partial charge in [0.05, 0.1) is 6.42 Å². The van der Waals surface area contributed by atoms with E-state index in [1.54, 1.807) is 0 Å². The summed E-state index contributed by atoms with van der Waals surface area (Å²) in [7, 11) is 1.39. The van der Waals surface area contributed by atoms with Crippen molar-refractivity contribution in [3.63, 3.8) is 0 Å². The minimum absolute atomic E-state index is 0. The minimum Gasteiger partial charge on any atom is -0.481 e. The van der Waals surface area contributed by atoms with E-state index in [2.05, 4.69) is 4.98 Å². The molecule has 1 heterocycles. The first-order valence-corrected chi connectivity index (χ1v) is 4.08. The molecule has 1 atom stereocenters. The lowest BCUT2D eigenvalue weighted by atomic mass is 10.0. The first-order chi connectivity index (χ1) is 6.82. The third-order valence-corrected chi connectivity index (χ3v) is 1.94. The van der Waals surface area contributed by atoms with Gasteiger partial charge in [-0.05, 0) is 0 Å². The molecule has 1 aromatic heterocycles. The molecular weight excluding hydrogens is 249 g/mol. The lowest BCUT2D eigenvalue weighted by Crippen LogP contribution is -2.26. The zero-order valence-electron chi connectivity index (χ0n) is 8.23. The summed E-state index contributed by atoms with van der Waals surface area (Å²) in [5, 5.41) is 8.40. The van der Waals surface area contributed by atoms with Gasteiger partial charge < -0.3 is 9.67 Å². The average Bonchev–Trinajstić information content (AvgIpc) is 2.45. The summed E-state index contributed by atoms with van der Waals surface area (Å²) in [6.45, 7) is 0. The van der Waals surface area contributed by atoms with Crippen molar-refractivity contribution in [3.8, 4) is 0 Å². The van der Waals surface area contributed by atoms with E-state index in [9.17, 15) is 18.0 Å². The molecule has 0 aliphatic rings. The Morgan fingerprint density at radius 3 is 2.50 bits per heavy atom. The van der Waals surface area contributed by atoms with Crippen LogP contribution in [0.3, 0.4) is 0 Å². The molecule has 0 spiro atoms. The zero-order chi connectivity index (χ0) is 11.6. The van der Waals surface area contributed by atoms with Gasteiger partial charge in [-0.3, -0.25) is 4.79 Å². The number of hydrogen-bond acceptors (Lipinski definition) is 2. The normalized spacial score (nSPS) is 13.0. The molecule has 0 amide bonds. The van der Waals surface area contributed by atoms with Crippen molar-refractivity contribution < 1.29 is 23.1 Å². The standard InChI is InChI=1S/C8H9F3N2O2.ClH/c1-13-3-2-12-7(13)5(4-6(14)15)8(9,10)11;/h2-3,5H,4H2,1H3,(H,14,15);1H. The molecule has 8 heteroatoms. The number of halogens is 4. The SMILES string of the molecule is Cl.Cn1ccnc1C(CC(=O)O)C(F)(F)F. The van der Waals surface area contributed by atoms with Crippen LogP contribution in [-0.4, -0.2) is 26.8 Å². The maximum absolute atomic E-state index is 12.5. The molecule has 0 aliphatic carbocycles. The molecule has 0 aromatic carbocycles. The molecular formula is C8H10ClF3N2O2. The Kier molecular flexibility index (Phi) is 4.80. The van der Waals surface area contributed by atoms with Gasteiger partial charge in [-0.25, -0.2) is 4.98 Å². The highest BCUT2D eigenvalue weighted by Crippen LogP contribution is 2.36. The second-order valence-corrected chi connectivity index (χ2v) is 3.09. The molecule has 16 heavy (non-hydrogen) atoms. The summed E-state index contributed by atoms with van der Waals surface area (Å²) in [5.74, 6) is -3.85. The summed E-state index contributed by atoms with van der Waals surface area (Å²) in [4.78, 5) is 13.8. The second-order valence-electron chi connectivity index (χ2n) is 3.09. The van der Waals surface area contributed by atoms with Gasteiger partial charge in [0, 0.05) is 19.4 Å². The quantitative estimate of drug-likeness (QED) is 0.902. The van der Waals surface area contributed by atoms with Crippen LogP contribution >= 0.6 is 12.4 Å². The number of hydrogen-bond donors (Lipinski definition) is 1. The van der Waals surface area contributed by atoms with E-state index >= 15 is 0 Å². The van der Waals surface area contributed by atoms with Gasteiger partial charge in [-0.1, -0.05) is 0 Å². The Bertz CT molecular complexity index is 364. The van der Waals surface area contributed by atoms with Crippen LogP contribution in [0.1, 0.15) is 18.2 Å². The molecule has 1 unspecified atom stereocenters. The van der Waals surface area contributed by atoms with E-state index in [0.717, 1.165) is 0 Å². The Labute approximate surface area is 95.5 Å². The number of carbonyl (C=O) groups is 1. The zero-order valence-corrected chi connectivity index (χ0v) is 9.05. The smallest absolute Gasteiger partial charge is 0.399 e. The molecule has 1 aromatic rings. The predicted molar refractivity (Wildman–Crippen MR) is 51.5 cm³/mol. The maximum atomic E-state index is 12.5. The highest BCUT2D eigenvalue weighted by atomic mass is 35.5. The number of rotatable bonds is 3. The molecule has 0 aliphatic heterocycles. The summed E-state index contributed by atoms with van der Waals surface area (Å²) in [5.41, 5.74) is 0. The summed E-state index contributed by atoms with van der Waals surface area (Å²) in [6, 6.07) is 0. The van der Waals surface area contributed by atoms with Crippen LogP contribution < -0.4 is 0 Å². The second kappa shape index (κ2) is 5.20. The Hall–Kier alpha value is -1.24. The van der Waals surface area contributed by atoms with Gasteiger partial charge in [0.1, 0.15) is 11.7 Å². The van der Waals surface area contributed by atoms with E-state index in [1.807, 2.05) is 0 Å². The van der Waals surface area contributed by atoms with Crippen molar-refractivity contribution in [2.45, 2.75) is 18.5 Å². The van der Waals surface area contributed by atoms with Gasteiger partial charge in [0.15, 0.2) is 0 Å². The first-order valence-electron chi connectivity index (χ1n) is 4.08. The van der Waals surface area contributed by atoms with Crippen molar-refractivity contribution in [3.05, 3.63) is 18.2 Å². The van der Waals surface area contributed by atoms with Gasteiger partial charge in [0.2, 0.25) is 0 Å². The molecule has 1 N–H and O–H groups in total. The van der Waals surface area contributed by atoms with Crippen molar-refractivity contribution in [1.29, 1.82) is 0 Å². The molecule has 1 rings (SSSR count). The van der Waals surface area contributed by atoms with Crippen LogP contribution in [0.5, 0.6) is 0 Å². The van der Waals surface area contributed by atoms with E-state index < -0.39 is 24.5 Å². The third-order valence-electron chi connectivity index (χ3n) is 1.94. The number of aryl methyl sites for hydroxylation is 1. The number of alkyl halides is 3. The van der Waals surface area contributed by atoms with Gasteiger partial charge in [-0.15, -0.1) is 12.4 Å². The highest BCUT2D eigenvalue weighted by Gasteiger charge is 2.44. The number of aromatic nitrogens is 2. The number of imidazole rings is 1. The predicted octanol–water partition coefficient (Wildman–Crippen LogP) is 1.96. The third kappa shape index (κ3) is 3.41. The molecule has 0 fully saturated rings. The van der Waals surface area contributed by atoms with Gasteiger partial charge in [0.25, 0.3) is 0 Å². The fourth-order valence-electron chi connectivity index (χ4n) is 1.24. The minimum atomic E-state index is -4.60. The van der Waals surface area contributed by atoms with Crippen LogP contribution in [0, 0.1) is 0 Å². The summed E-state index contributed by atoms with van der Waals surface area (Å²) < 4.78 is 38.7. The largest absolute Gasteiger partial charge is 0.481 e. The molecule has 0 saturated heterocycles. The lowest BCUT2D eigenvalue weighted by Gasteiger charge is -2.17. The number of nitrogens with zero attached hydrogens (tertiary/aromatic N) is 2. The maximum Gasteiger partial charge on any atom is 0.399 e. The Morgan fingerprint density at radius 2 is 2.19 bits per heavy atom. The molecule has 0 bridgehead atoms. The topological polar surface area (TPSA) is 55.1 Å². The average molecular weight is 259 g/mol. The Morgan fingerprint density at radius 1 is 1.62 bits per heavy atom. The lowest BCUT2D eigenvalue weighted by molar-refractivity contribution is -0.164. The highest BCUT2D eigenvalue weighted by molar-refractivity contribution is 5.85.